The lowest BCUT2D eigenvalue weighted by Gasteiger charge is -2.07. The van der Waals surface area contributed by atoms with Crippen LogP contribution in [0.3, 0.4) is 0 Å². The van der Waals surface area contributed by atoms with Gasteiger partial charge in [-0.25, -0.2) is 9.78 Å². The van der Waals surface area contributed by atoms with Gasteiger partial charge in [0.05, 0.1) is 0 Å². The van der Waals surface area contributed by atoms with Crippen molar-refractivity contribution in [1.82, 2.24) is 0 Å². The van der Waals surface area contributed by atoms with Gasteiger partial charge in [-0.05, 0) is 25.7 Å². The summed E-state index contributed by atoms with van der Waals surface area (Å²) >= 11 is 0. The van der Waals surface area contributed by atoms with E-state index in [1.54, 1.807) is 24.3 Å². The summed E-state index contributed by atoms with van der Waals surface area (Å²) in [5, 5.41) is 26.3. The van der Waals surface area contributed by atoms with Crippen LogP contribution in [-0.4, -0.2) is 33.8 Å². The number of aliphatic carboxylic acids is 1. The smallest absolute Gasteiger partial charge is 0.303 e. The van der Waals surface area contributed by atoms with Crippen LogP contribution in [0.5, 0.6) is 0 Å². The summed E-state index contributed by atoms with van der Waals surface area (Å²) in [5.74, 6) is -0.798. The Balaban J connectivity index is 4.10. The van der Waals surface area contributed by atoms with Gasteiger partial charge in [-0.2, -0.15) is 0 Å². The topological polar surface area (TPSA) is 96.2 Å². The maximum atomic E-state index is 10.4. The van der Waals surface area contributed by atoms with Gasteiger partial charge in [0.1, 0.15) is 12.2 Å². The van der Waals surface area contributed by atoms with E-state index >= 15 is 0 Å². The molecular weight excluding hydrogens is 360 g/mol. The fourth-order valence-corrected chi connectivity index (χ4v) is 2.27. The van der Waals surface area contributed by atoms with Gasteiger partial charge >= 0.3 is 5.97 Å². The molecule has 0 saturated carbocycles. The monoisotopic (exact) mass is 394 g/mol. The van der Waals surface area contributed by atoms with Gasteiger partial charge in [0, 0.05) is 6.42 Å². The van der Waals surface area contributed by atoms with E-state index in [0.717, 1.165) is 25.7 Å². The van der Waals surface area contributed by atoms with Gasteiger partial charge in [0.25, 0.3) is 0 Å². The van der Waals surface area contributed by atoms with E-state index in [4.69, 9.17) is 15.6 Å². The van der Waals surface area contributed by atoms with E-state index in [9.17, 15) is 4.79 Å². The number of hydrogen-bond donors (Lipinski definition) is 3. The molecule has 0 radical (unpaired) electrons. The van der Waals surface area contributed by atoms with Crippen LogP contribution in [0.25, 0.3) is 0 Å². The predicted molar refractivity (Wildman–Crippen MR) is 111 cm³/mol. The summed E-state index contributed by atoms with van der Waals surface area (Å²) < 4.78 is 0. The lowest BCUT2D eigenvalue weighted by molar-refractivity contribution is -0.267. The molecule has 6 nitrogen and oxygen atoms in total. The molecule has 0 spiro atoms. The quantitative estimate of drug-likeness (QED) is 0.0961. The molecule has 158 valence electrons. The number of carboxylic acid groups (broad SMARTS) is 1. The Morgan fingerprint density at radius 3 is 2.14 bits per heavy atom. The second-order valence-corrected chi connectivity index (χ2v) is 6.28. The number of carboxylic acids is 1. The number of hydrogen-bond acceptors (Lipinski definition) is 5. The highest BCUT2D eigenvalue weighted by Crippen LogP contribution is 2.07. The molecule has 2 atom stereocenters. The van der Waals surface area contributed by atoms with Crippen LogP contribution in [0.2, 0.25) is 0 Å². The Labute approximate surface area is 168 Å². The molecule has 0 aromatic heterocycles. The summed E-state index contributed by atoms with van der Waals surface area (Å²) in [7, 11) is 0. The summed E-state index contributed by atoms with van der Waals surface area (Å²) in [6.07, 6.45) is 23.5. The molecule has 0 heterocycles. The molecule has 0 aromatic carbocycles. The van der Waals surface area contributed by atoms with Crippen LogP contribution >= 0.6 is 0 Å². The molecule has 0 amide bonds. The second kappa shape index (κ2) is 19.8. The number of carbonyl (C=O) groups is 1. The maximum Gasteiger partial charge on any atom is 0.303 e. The van der Waals surface area contributed by atoms with E-state index in [2.05, 4.69) is 16.7 Å². The zero-order valence-corrected chi connectivity index (χ0v) is 16.7. The molecule has 0 saturated heterocycles. The molecule has 0 aliphatic rings. The minimum Gasteiger partial charge on any atom is -0.481 e. The van der Waals surface area contributed by atoms with Crippen molar-refractivity contribution in [2.24, 2.45) is 0 Å². The highest BCUT2D eigenvalue weighted by molar-refractivity contribution is 5.66. The van der Waals surface area contributed by atoms with Gasteiger partial charge in [-0.3, -0.25) is 15.3 Å². The molecule has 0 fully saturated rings. The van der Waals surface area contributed by atoms with Gasteiger partial charge in [-0.1, -0.05) is 86.9 Å². The third-order valence-corrected chi connectivity index (χ3v) is 3.85. The minimum atomic E-state index is -0.798. The fourth-order valence-electron chi connectivity index (χ4n) is 2.27. The summed E-state index contributed by atoms with van der Waals surface area (Å²) in [6, 6.07) is 0. The molecular formula is C22H34O6. The average Bonchev–Trinajstić information content (AvgIpc) is 2.69. The first kappa shape index (κ1) is 26.0. The second-order valence-electron chi connectivity index (χ2n) is 6.28. The van der Waals surface area contributed by atoms with E-state index in [0.29, 0.717) is 19.3 Å². The Bertz CT molecular complexity index is 519. The van der Waals surface area contributed by atoms with Crippen molar-refractivity contribution in [3.8, 4) is 0 Å². The van der Waals surface area contributed by atoms with Gasteiger partial charge < -0.3 is 5.11 Å². The lowest BCUT2D eigenvalue weighted by atomic mass is 10.1. The summed E-state index contributed by atoms with van der Waals surface area (Å²) in [6.45, 7) is 2.13. The average molecular weight is 395 g/mol. The highest BCUT2D eigenvalue weighted by Gasteiger charge is 2.02. The molecule has 0 aromatic rings. The van der Waals surface area contributed by atoms with Gasteiger partial charge in [0.15, 0.2) is 0 Å². The molecule has 0 aliphatic heterocycles. The first-order valence-electron chi connectivity index (χ1n) is 9.77. The molecule has 6 heteroatoms. The van der Waals surface area contributed by atoms with Crippen molar-refractivity contribution in [3.05, 3.63) is 60.8 Å². The van der Waals surface area contributed by atoms with Crippen molar-refractivity contribution in [2.75, 3.05) is 0 Å². The Morgan fingerprint density at radius 1 is 0.893 bits per heavy atom. The molecule has 0 aliphatic carbocycles. The van der Waals surface area contributed by atoms with E-state index < -0.39 is 12.1 Å². The van der Waals surface area contributed by atoms with Crippen LogP contribution in [-0.2, 0) is 14.6 Å². The van der Waals surface area contributed by atoms with E-state index in [-0.39, 0.29) is 12.5 Å². The summed E-state index contributed by atoms with van der Waals surface area (Å²) in [4.78, 5) is 19.2. The van der Waals surface area contributed by atoms with Crippen LogP contribution in [0, 0.1) is 0 Å². The maximum absolute atomic E-state index is 10.4. The van der Waals surface area contributed by atoms with Crippen molar-refractivity contribution in [3.63, 3.8) is 0 Å². The van der Waals surface area contributed by atoms with Crippen molar-refractivity contribution >= 4 is 5.97 Å². The first-order chi connectivity index (χ1) is 13.6. The van der Waals surface area contributed by atoms with Crippen LogP contribution in [0.15, 0.2) is 60.8 Å². The minimum absolute atomic E-state index is 0.140. The standard InChI is InChI=1S/C22H34O6/c1-2-3-10-15-20(27-25)17-12-8-9-13-18-21(28-26)16-11-6-4-5-7-14-19-22(23)24/h5-9,11-13,17-18,20-21,25-26H,2-4,10,14-16,19H2,1H3,(H,23,24)/b7-5-,9-8-,11-6-,17-12+,18-13-/t20-,21?/m0/s1. The Kier molecular flexibility index (Phi) is 18.4. The molecule has 28 heavy (non-hydrogen) atoms. The Morgan fingerprint density at radius 2 is 1.54 bits per heavy atom. The fraction of sp³-hybridized carbons (Fsp3) is 0.500. The number of unbranched alkanes of at least 4 members (excludes halogenated alkanes) is 2. The molecule has 3 N–H and O–H groups in total. The van der Waals surface area contributed by atoms with Gasteiger partial charge in [-0.15, -0.1) is 0 Å². The summed E-state index contributed by atoms with van der Waals surface area (Å²) in [5.41, 5.74) is 0. The third kappa shape index (κ3) is 17.4. The zero-order valence-electron chi connectivity index (χ0n) is 16.7. The van der Waals surface area contributed by atoms with Crippen LogP contribution in [0.4, 0.5) is 0 Å². The SMILES string of the molecule is CCCCC[C@@H](/C=C/C=C\C=C/C(C/C=C\C/C=C\CCC(=O)O)OO)OO. The third-order valence-electron chi connectivity index (χ3n) is 3.85. The number of rotatable bonds is 17. The molecule has 0 rings (SSSR count). The van der Waals surface area contributed by atoms with Crippen LogP contribution < -0.4 is 0 Å². The van der Waals surface area contributed by atoms with Gasteiger partial charge in [0.2, 0.25) is 0 Å². The molecule has 1 unspecified atom stereocenters. The van der Waals surface area contributed by atoms with Crippen LogP contribution in [0.1, 0.15) is 58.3 Å². The van der Waals surface area contributed by atoms with Crippen molar-refractivity contribution < 1.29 is 30.2 Å². The highest BCUT2D eigenvalue weighted by atomic mass is 17.1. The lowest BCUT2D eigenvalue weighted by Crippen LogP contribution is -2.06. The molecule has 0 bridgehead atoms. The first-order valence-corrected chi connectivity index (χ1v) is 9.77. The van der Waals surface area contributed by atoms with Crippen molar-refractivity contribution in [2.45, 2.75) is 70.5 Å². The van der Waals surface area contributed by atoms with Crippen molar-refractivity contribution in [1.29, 1.82) is 0 Å². The Hall–Kier alpha value is -1.99. The number of allylic oxidation sites excluding steroid dienone is 7. The zero-order chi connectivity index (χ0) is 20.9. The van der Waals surface area contributed by atoms with E-state index in [1.807, 2.05) is 36.5 Å². The normalized spacial score (nSPS) is 15.0. The largest absolute Gasteiger partial charge is 0.481 e. The predicted octanol–water partition coefficient (Wildman–Crippen LogP) is 5.71. The van der Waals surface area contributed by atoms with E-state index in [1.165, 1.54) is 0 Å².